The normalized spacial score (nSPS) is 33.3. The maximum atomic E-state index is 12.0. The van der Waals surface area contributed by atoms with E-state index >= 15 is 0 Å². The van der Waals surface area contributed by atoms with Crippen LogP contribution in [0.25, 0.3) is 0 Å². The molecule has 0 aromatic carbocycles. The zero-order valence-electron chi connectivity index (χ0n) is 28.3. The Bertz CT molecular complexity index is 805. The van der Waals surface area contributed by atoms with E-state index in [9.17, 15) is 40.5 Å². The van der Waals surface area contributed by atoms with Gasteiger partial charge in [-0.15, -0.1) is 0 Å². The molecule has 2 rings (SSSR count). The van der Waals surface area contributed by atoms with Crippen molar-refractivity contribution in [2.75, 3.05) is 13.2 Å². The van der Waals surface area contributed by atoms with E-state index in [1.807, 2.05) is 0 Å². The molecule has 2 heterocycles. The second kappa shape index (κ2) is 22.7. The highest BCUT2D eigenvalue weighted by Gasteiger charge is 2.56. The molecule has 2 fully saturated rings. The summed E-state index contributed by atoms with van der Waals surface area (Å²) in [5.74, 6) is -2.53. The van der Waals surface area contributed by atoms with Gasteiger partial charge in [-0.05, 0) is 6.42 Å². The molecular formula is C34H65NO11. The van der Waals surface area contributed by atoms with E-state index in [0.29, 0.717) is 6.42 Å². The van der Waals surface area contributed by atoms with Crippen molar-refractivity contribution in [3.63, 3.8) is 0 Å². The quantitative estimate of drug-likeness (QED) is 0.0707. The first-order valence-corrected chi connectivity index (χ1v) is 18.0. The van der Waals surface area contributed by atoms with Crippen molar-refractivity contribution in [1.82, 2.24) is 5.32 Å². The van der Waals surface area contributed by atoms with Crippen LogP contribution in [0, 0.1) is 0 Å². The SMILES string of the molecule is CCCCCCCCCCCCCCCCCCCCC1(O)O[C@H](CO)[C@@H](O[C@@H]2O[C@H](CO)[C@H](O)[C@H](O)[C@H]2O)[C@H](O)[C@H]1NC(C)=O. The third kappa shape index (κ3) is 13.5. The molecule has 0 aliphatic carbocycles. The van der Waals surface area contributed by atoms with Gasteiger partial charge in [0.25, 0.3) is 0 Å². The van der Waals surface area contributed by atoms with Gasteiger partial charge in [0.15, 0.2) is 12.1 Å². The van der Waals surface area contributed by atoms with Gasteiger partial charge in [-0.2, -0.15) is 0 Å². The average Bonchev–Trinajstić information content (AvgIpc) is 3.03. The van der Waals surface area contributed by atoms with Gasteiger partial charge in [0.1, 0.15) is 48.8 Å². The number of amides is 1. The van der Waals surface area contributed by atoms with Crippen LogP contribution in [0.3, 0.4) is 0 Å². The predicted molar refractivity (Wildman–Crippen MR) is 173 cm³/mol. The highest BCUT2D eigenvalue weighted by molar-refractivity contribution is 5.73. The van der Waals surface area contributed by atoms with Crippen LogP contribution in [0.1, 0.15) is 136 Å². The van der Waals surface area contributed by atoms with Crippen molar-refractivity contribution in [3.8, 4) is 0 Å². The number of hydrogen-bond donors (Lipinski definition) is 8. The molecule has 2 aliphatic heterocycles. The van der Waals surface area contributed by atoms with Crippen LogP contribution in [0.2, 0.25) is 0 Å². The van der Waals surface area contributed by atoms with Gasteiger partial charge in [0.2, 0.25) is 5.91 Å². The molecule has 1 amide bonds. The number of hydrogen-bond acceptors (Lipinski definition) is 11. The molecule has 0 bridgehead atoms. The lowest BCUT2D eigenvalue weighted by atomic mass is 9.86. The number of carbonyl (C=O) groups excluding carboxylic acids is 1. The van der Waals surface area contributed by atoms with E-state index < -0.39 is 80.0 Å². The molecule has 0 spiro atoms. The summed E-state index contributed by atoms with van der Waals surface area (Å²) in [6.45, 7) is 2.14. The number of carbonyl (C=O) groups is 1. The standard InChI is InChI=1S/C34H65NO11/c1-3-4-5-6-7-8-9-10-11-12-13-14-15-16-17-18-19-20-21-34(43)32(35-24(2)38)30(42)31(26(23-37)46-34)45-33-29(41)28(40)27(39)25(22-36)44-33/h25-33,36-37,39-43H,3-23H2,1-2H3,(H,35,38)/t25-,26-,27+,28+,29-,30+,31-,32-,33+,34?/m1/s1. The summed E-state index contributed by atoms with van der Waals surface area (Å²) in [6, 6.07) is -1.33. The maximum absolute atomic E-state index is 12.0. The second-order valence-corrected chi connectivity index (χ2v) is 13.4. The molecular weight excluding hydrogens is 598 g/mol. The topological polar surface area (TPSA) is 198 Å². The average molecular weight is 664 g/mol. The molecule has 1 unspecified atom stereocenters. The van der Waals surface area contributed by atoms with Crippen molar-refractivity contribution in [2.24, 2.45) is 0 Å². The summed E-state index contributed by atoms with van der Waals surface area (Å²) in [5, 5.41) is 75.3. The third-order valence-electron chi connectivity index (χ3n) is 9.45. The molecule has 0 aromatic rings. The van der Waals surface area contributed by atoms with Crippen LogP contribution in [0.15, 0.2) is 0 Å². The monoisotopic (exact) mass is 663 g/mol. The summed E-state index contributed by atoms with van der Waals surface area (Å²) < 4.78 is 16.9. The van der Waals surface area contributed by atoms with E-state index in [0.717, 1.165) is 25.7 Å². The fourth-order valence-electron chi connectivity index (χ4n) is 6.63. The highest BCUT2D eigenvalue weighted by Crippen LogP contribution is 2.35. The van der Waals surface area contributed by atoms with E-state index in [-0.39, 0.29) is 6.42 Å². The van der Waals surface area contributed by atoms with E-state index in [4.69, 9.17) is 14.2 Å². The van der Waals surface area contributed by atoms with Crippen molar-refractivity contribution in [2.45, 2.75) is 197 Å². The number of ether oxygens (including phenoxy) is 3. The zero-order chi connectivity index (χ0) is 34.0. The lowest BCUT2D eigenvalue weighted by molar-refractivity contribution is -0.367. The lowest BCUT2D eigenvalue weighted by Crippen LogP contribution is -2.71. The first-order chi connectivity index (χ1) is 22.1. The molecule has 8 N–H and O–H groups in total. The van der Waals surface area contributed by atoms with Crippen molar-refractivity contribution >= 4 is 5.91 Å². The Hall–Kier alpha value is -0.930. The summed E-state index contributed by atoms with van der Waals surface area (Å²) in [4.78, 5) is 12.0. The number of unbranched alkanes of at least 4 members (excludes halogenated alkanes) is 17. The number of rotatable bonds is 24. The summed E-state index contributed by atoms with van der Waals surface area (Å²) in [6.07, 6.45) is 9.90. The number of aliphatic hydroxyl groups is 7. The Morgan fingerprint density at radius 3 is 1.57 bits per heavy atom. The second-order valence-electron chi connectivity index (χ2n) is 13.4. The molecule has 2 aliphatic rings. The largest absolute Gasteiger partial charge is 0.394 e. The fourth-order valence-corrected chi connectivity index (χ4v) is 6.63. The van der Waals surface area contributed by atoms with Crippen molar-refractivity contribution < 1.29 is 54.8 Å². The Morgan fingerprint density at radius 1 is 0.674 bits per heavy atom. The summed E-state index contributed by atoms with van der Waals surface area (Å²) >= 11 is 0. The van der Waals surface area contributed by atoms with Gasteiger partial charge in [0.05, 0.1) is 13.2 Å². The molecule has 10 atom stereocenters. The maximum Gasteiger partial charge on any atom is 0.217 e. The molecule has 46 heavy (non-hydrogen) atoms. The smallest absolute Gasteiger partial charge is 0.217 e. The Balaban J connectivity index is 1.72. The Kier molecular flexibility index (Phi) is 20.3. The zero-order valence-corrected chi connectivity index (χ0v) is 28.3. The molecule has 12 heteroatoms. The van der Waals surface area contributed by atoms with Gasteiger partial charge in [-0.25, -0.2) is 0 Å². The van der Waals surface area contributed by atoms with Gasteiger partial charge in [-0.3, -0.25) is 4.79 Å². The Morgan fingerprint density at radius 2 is 1.13 bits per heavy atom. The van der Waals surface area contributed by atoms with E-state index in [1.54, 1.807) is 0 Å². The van der Waals surface area contributed by atoms with Crippen LogP contribution < -0.4 is 5.32 Å². The summed E-state index contributed by atoms with van der Waals surface area (Å²) in [5.41, 5.74) is 0. The number of aliphatic hydroxyl groups excluding tert-OH is 6. The molecule has 2 saturated heterocycles. The van der Waals surface area contributed by atoms with E-state index in [1.165, 1.54) is 90.4 Å². The van der Waals surface area contributed by atoms with Gasteiger partial charge in [-0.1, -0.05) is 116 Å². The van der Waals surface area contributed by atoms with Crippen molar-refractivity contribution in [1.29, 1.82) is 0 Å². The van der Waals surface area contributed by atoms with Crippen LogP contribution in [0.5, 0.6) is 0 Å². The number of nitrogens with one attached hydrogen (secondary N) is 1. The van der Waals surface area contributed by atoms with E-state index in [2.05, 4.69) is 12.2 Å². The molecule has 0 aromatic heterocycles. The molecule has 0 saturated carbocycles. The highest BCUT2D eigenvalue weighted by atomic mass is 16.7. The van der Waals surface area contributed by atoms with Gasteiger partial charge in [0, 0.05) is 13.3 Å². The summed E-state index contributed by atoms with van der Waals surface area (Å²) in [7, 11) is 0. The van der Waals surface area contributed by atoms with Crippen LogP contribution in [0.4, 0.5) is 0 Å². The van der Waals surface area contributed by atoms with Crippen molar-refractivity contribution in [3.05, 3.63) is 0 Å². The minimum Gasteiger partial charge on any atom is -0.394 e. The van der Waals surface area contributed by atoms with Gasteiger partial charge >= 0.3 is 0 Å². The van der Waals surface area contributed by atoms with Crippen LogP contribution in [-0.4, -0.2) is 116 Å². The molecule has 12 nitrogen and oxygen atoms in total. The first kappa shape index (κ1) is 41.2. The Labute approximate surface area is 275 Å². The van der Waals surface area contributed by atoms with Crippen LogP contribution in [-0.2, 0) is 19.0 Å². The minimum absolute atomic E-state index is 0.0943. The molecule has 0 radical (unpaired) electrons. The van der Waals surface area contributed by atoms with Gasteiger partial charge < -0.3 is 55.3 Å². The third-order valence-corrected chi connectivity index (χ3v) is 9.45. The first-order valence-electron chi connectivity index (χ1n) is 18.0. The minimum atomic E-state index is -2.00. The predicted octanol–water partition coefficient (Wildman–Crippen LogP) is 2.55. The lowest BCUT2D eigenvalue weighted by Gasteiger charge is -2.50. The van der Waals surface area contributed by atoms with Crippen LogP contribution >= 0.6 is 0 Å². The fraction of sp³-hybridized carbons (Fsp3) is 0.971. The molecule has 272 valence electrons.